The minimum absolute atomic E-state index is 0.0306. The predicted octanol–water partition coefficient (Wildman–Crippen LogP) is 2.02. The van der Waals surface area contributed by atoms with Gasteiger partial charge in [-0.3, -0.25) is 9.48 Å². The molecule has 144 valence electrons. The molecule has 3 aromatic rings. The molecule has 1 aromatic carbocycles. The molecule has 2 aromatic heterocycles. The number of rotatable bonds is 6. The number of pyridine rings is 1. The molecular weight excluding hydrogens is 354 g/mol. The van der Waals surface area contributed by atoms with Gasteiger partial charge in [-0.25, -0.2) is 4.98 Å². The van der Waals surface area contributed by atoms with E-state index in [0.717, 1.165) is 27.9 Å². The Morgan fingerprint density at radius 3 is 2.79 bits per heavy atom. The number of ether oxygens (including phenoxy) is 1. The van der Waals surface area contributed by atoms with E-state index in [9.17, 15) is 4.79 Å². The van der Waals surface area contributed by atoms with Crippen LogP contribution in [-0.2, 0) is 20.0 Å². The number of methoxy groups -OCH3 is 1. The molecule has 1 aliphatic rings. The molecule has 0 bridgehead atoms. The number of fused-ring (bicyclic) bond motifs is 1. The molecule has 0 saturated heterocycles. The minimum atomic E-state index is -0.0906. The Bertz CT molecular complexity index is 1010. The van der Waals surface area contributed by atoms with Gasteiger partial charge in [-0.15, -0.1) is 0 Å². The summed E-state index contributed by atoms with van der Waals surface area (Å²) in [6.07, 6.45) is 4.14. The molecule has 4 rings (SSSR count). The molecule has 1 atom stereocenters. The van der Waals surface area contributed by atoms with Crippen LogP contribution in [-0.4, -0.2) is 45.3 Å². The van der Waals surface area contributed by atoms with Crippen molar-refractivity contribution in [2.75, 3.05) is 13.7 Å². The molecular formula is C21H23N5O2. The Balaban J connectivity index is 1.58. The van der Waals surface area contributed by atoms with Gasteiger partial charge in [-0.2, -0.15) is 5.10 Å². The predicted molar refractivity (Wildman–Crippen MR) is 106 cm³/mol. The van der Waals surface area contributed by atoms with E-state index >= 15 is 0 Å². The summed E-state index contributed by atoms with van der Waals surface area (Å²) in [5.74, 6) is 0.591. The first kappa shape index (κ1) is 18.2. The molecule has 0 spiro atoms. The van der Waals surface area contributed by atoms with E-state index in [0.29, 0.717) is 25.4 Å². The molecule has 7 nitrogen and oxygen atoms in total. The van der Waals surface area contributed by atoms with E-state index in [1.165, 1.54) is 0 Å². The van der Waals surface area contributed by atoms with Crippen LogP contribution in [0.5, 0.6) is 5.88 Å². The molecule has 0 unspecified atom stereocenters. The lowest BCUT2D eigenvalue weighted by Gasteiger charge is -2.26. The zero-order chi connectivity index (χ0) is 19.7. The third kappa shape index (κ3) is 3.25. The van der Waals surface area contributed by atoms with Crippen LogP contribution in [0.2, 0.25) is 0 Å². The SMILES string of the molecule is COc1cc(C[C@@H](CN)N2Cc3cc(-c4ccnn4C)ccc3C2=O)ccn1. The Morgan fingerprint density at radius 1 is 1.21 bits per heavy atom. The number of aryl methyl sites for hydroxylation is 1. The van der Waals surface area contributed by atoms with E-state index in [4.69, 9.17) is 10.5 Å². The van der Waals surface area contributed by atoms with Crippen molar-refractivity contribution < 1.29 is 9.53 Å². The third-order valence-electron chi connectivity index (χ3n) is 5.25. The second kappa shape index (κ2) is 7.44. The summed E-state index contributed by atoms with van der Waals surface area (Å²) in [5, 5.41) is 4.23. The van der Waals surface area contributed by atoms with Crippen LogP contribution < -0.4 is 10.5 Å². The summed E-state index contributed by atoms with van der Waals surface area (Å²) in [6, 6.07) is 11.7. The number of nitrogens with zero attached hydrogens (tertiary/aromatic N) is 4. The van der Waals surface area contributed by atoms with Gasteiger partial charge in [0.2, 0.25) is 5.88 Å². The van der Waals surface area contributed by atoms with E-state index in [1.54, 1.807) is 19.5 Å². The van der Waals surface area contributed by atoms with Gasteiger partial charge in [0.1, 0.15) is 0 Å². The van der Waals surface area contributed by atoms with Crippen molar-refractivity contribution in [1.29, 1.82) is 0 Å². The van der Waals surface area contributed by atoms with Crippen molar-refractivity contribution in [3.05, 3.63) is 65.5 Å². The summed E-state index contributed by atoms with van der Waals surface area (Å²) in [4.78, 5) is 19.0. The lowest BCUT2D eigenvalue weighted by molar-refractivity contribution is 0.0708. The largest absolute Gasteiger partial charge is 0.481 e. The lowest BCUT2D eigenvalue weighted by atomic mass is 10.0. The van der Waals surface area contributed by atoms with Gasteiger partial charge in [-0.05, 0) is 41.8 Å². The molecule has 0 aliphatic carbocycles. The summed E-state index contributed by atoms with van der Waals surface area (Å²) in [7, 11) is 3.50. The standard InChI is InChI=1S/C21H23N5O2/c1-25-19(6-8-24-25)15-3-4-18-16(11-15)13-26(21(18)27)17(12-22)9-14-5-7-23-20(10-14)28-2/h3-8,10-11,17H,9,12-13,22H2,1-2H3/t17-/m0/s1. The average Bonchev–Trinajstić information content (AvgIpc) is 3.29. The third-order valence-corrected chi connectivity index (χ3v) is 5.25. The topological polar surface area (TPSA) is 86.3 Å². The first-order valence-corrected chi connectivity index (χ1v) is 9.22. The van der Waals surface area contributed by atoms with Gasteiger partial charge in [0.25, 0.3) is 5.91 Å². The zero-order valence-corrected chi connectivity index (χ0v) is 16.0. The number of amides is 1. The Hall–Kier alpha value is -3.19. The van der Waals surface area contributed by atoms with Crippen LogP contribution in [0.15, 0.2) is 48.8 Å². The maximum Gasteiger partial charge on any atom is 0.254 e. The van der Waals surface area contributed by atoms with Crippen LogP contribution in [0, 0.1) is 0 Å². The van der Waals surface area contributed by atoms with Crippen molar-refractivity contribution in [3.63, 3.8) is 0 Å². The van der Waals surface area contributed by atoms with Crippen LogP contribution in [0.3, 0.4) is 0 Å². The van der Waals surface area contributed by atoms with Gasteiger partial charge in [0, 0.05) is 55.8 Å². The fraction of sp³-hybridized carbons (Fsp3) is 0.286. The number of carbonyl (C=O) groups is 1. The van der Waals surface area contributed by atoms with Crippen molar-refractivity contribution >= 4 is 5.91 Å². The van der Waals surface area contributed by atoms with Crippen molar-refractivity contribution in [1.82, 2.24) is 19.7 Å². The van der Waals surface area contributed by atoms with Gasteiger partial charge in [-0.1, -0.05) is 6.07 Å². The molecule has 1 aliphatic heterocycles. The highest BCUT2D eigenvalue weighted by Crippen LogP contribution is 2.30. The Kier molecular flexibility index (Phi) is 4.83. The van der Waals surface area contributed by atoms with Crippen LogP contribution in [0.25, 0.3) is 11.3 Å². The number of hydrogen-bond acceptors (Lipinski definition) is 5. The van der Waals surface area contributed by atoms with Crippen molar-refractivity contribution in [2.45, 2.75) is 19.0 Å². The second-order valence-electron chi connectivity index (χ2n) is 6.95. The first-order chi connectivity index (χ1) is 13.6. The van der Waals surface area contributed by atoms with Gasteiger partial charge in [0.05, 0.1) is 12.8 Å². The molecule has 1 amide bonds. The highest BCUT2D eigenvalue weighted by molar-refractivity contribution is 5.99. The summed E-state index contributed by atoms with van der Waals surface area (Å²) < 4.78 is 7.02. The van der Waals surface area contributed by atoms with Gasteiger partial charge in [0.15, 0.2) is 0 Å². The van der Waals surface area contributed by atoms with E-state index < -0.39 is 0 Å². The average molecular weight is 377 g/mol. The fourth-order valence-electron chi connectivity index (χ4n) is 3.74. The van der Waals surface area contributed by atoms with E-state index in [-0.39, 0.29) is 11.9 Å². The fourth-order valence-corrected chi connectivity index (χ4v) is 3.74. The maximum absolute atomic E-state index is 13.0. The number of aromatic nitrogens is 3. The Labute approximate surface area is 163 Å². The summed E-state index contributed by atoms with van der Waals surface area (Å²) >= 11 is 0. The van der Waals surface area contributed by atoms with E-state index in [2.05, 4.69) is 16.1 Å². The number of hydrogen-bond donors (Lipinski definition) is 1. The quantitative estimate of drug-likeness (QED) is 0.710. The van der Waals surface area contributed by atoms with Crippen LogP contribution in [0.4, 0.5) is 0 Å². The van der Waals surface area contributed by atoms with Crippen LogP contribution in [0.1, 0.15) is 21.5 Å². The zero-order valence-electron chi connectivity index (χ0n) is 16.0. The second-order valence-corrected chi connectivity index (χ2v) is 6.95. The van der Waals surface area contributed by atoms with Crippen LogP contribution >= 0.6 is 0 Å². The molecule has 28 heavy (non-hydrogen) atoms. The van der Waals surface area contributed by atoms with Gasteiger partial charge < -0.3 is 15.4 Å². The molecule has 0 fully saturated rings. The Morgan fingerprint density at radius 2 is 2.07 bits per heavy atom. The van der Waals surface area contributed by atoms with Gasteiger partial charge >= 0.3 is 0 Å². The molecule has 3 heterocycles. The summed E-state index contributed by atoms with van der Waals surface area (Å²) in [5.41, 5.74) is 10.9. The number of nitrogens with two attached hydrogens (primary N) is 1. The monoisotopic (exact) mass is 377 g/mol. The molecule has 0 radical (unpaired) electrons. The molecule has 7 heteroatoms. The lowest BCUT2D eigenvalue weighted by Crippen LogP contribution is -2.42. The maximum atomic E-state index is 13.0. The highest BCUT2D eigenvalue weighted by atomic mass is 16.5. The number of carbonyl (C=O) groups excluding carboxylic acids is 1. The molecule has 2 N–H and O–H groups in total. The van der Waals surface area contributed by atoms with Crippen molar-refractivity contribution in [3.8, 4) is 17.1 Å². The van der Waals surface area contributed by atoms with Crippen molar-refractivity contribution in [2.24, 2.45) is 12.8 Å². The highest BCUT2D eigenvalue weighted by Gasteiger charge is 2.32. The summed E-state index contributed by atoms with van der Waals surface area (Å²) in [6.45, 7) is 0.947. The number of benzene rings is 1. The van der Waals surface area contributed by atoms with E-state index in [1.807, 2.05) is 47.0 Å². The first-order valence-electron chi connectivity index (χ1n) is 9.22. The smallest absolute Gasteiger partial charge is 0.254 e. The minimum Gasteiger partial charge on any atom is -0.481 e. The molecule has 0 saturated carbocycles. The normalized spacial score (nSPS) is 14.2.